The monoisotopic (exact) mass is 392 g/mol. The van der Waals surface area contributed by atoms with Gasteiger partial charge in [0, 0.05) is 10.9 Å². The topological polar surface area (TPSA) is 55.1 Å². The molecule has 0 unspecified atom stereocenters. The molecule has 6 heteroatoms. The van der Waals surface area contributed by atoms with Crippen molar-refractivity contribution in [2.45, 2.75) is 19.8 Å². The van der Waals surface area contributed by atoms with E-state index in [9.17, 15) is 9.90 Å². The summed E-state index contributed by atoms with van der Waals surface area (Å²) in [5.41, 5.74) is 0.993. The molecule has 4 nitrogen and oxygen atoms in total. The van der Waals surface area contributed by atoms with E-state index in [1.54, 1.807) is 34.9 Å². The number of nitrogens with zero attached hydrogens (tertiary/aromatic N) is 2. The third-order valence-corrected chi connectivity index (χ3v) is 4.62. The summed E-state index contributed by atoms with van der Waals surface area (Å²) in [5.74, 6) is 0.705. The van der Waals surface area contributed by atoms with Crippen molar-refractivity contribution >= 4 is 38.4 Å². The third-order valence-electron chi connectivity index (χ3n) is 3.59. The lowest BCUT2D eigenvalue weighted by atomic mass is 10.1. The van der Waals surface area contributed by atoms with Gasteiger partial charge in [0.05, 0.1) is 21.1 Å². The maximum Gasteiger partial charge on any atom is 0.266 e. The number of hydrogen-bond donors (Lipinski definition) is 1. The van der Waals surface area contributed by atoms with Crippen LogP contribution in [0, 0.1) is 0 Å². The number of hydrogen-bond acceptors (Lipinski definition) is 3. The zero-order valence-electron chi connectivity index (χ0n) is 12.5. The van der Waals surface area contributed by atoms with Crippen LogP contribution in [-0.2, 0) is 0 Å². The average Bonchev–Trinajstić information content (AvgIpc) is 2.52. The van der Waals surface area contributed by atoms with E-state index in [1.165, 1.54) is 6.07 Å². The summed E-state index contributed by atoms with van der Waals surface area (Å²) in [7, 11) is 0. The van der Waals surface area contributed by atoms with E-state index in [0.29, 0.717) is 31.9 Å². The number of benzene rings is 2. The number of phenolic OH excluding ortho intramolecular Hbond substituents is 1. The summed E-state index contributed by atoms with van der Waals surface area (Å²) >= 11 is 9.25. The summed E-state index contributed by atoms with van der Waals surface area (Å²) < 4.78 is 2.02. The van der Waals surface area contributed by atoms with E-state index in [2.05, 4.69) is 20.9 Å². The molecule has 1 heterocycles. The first kappa shape index (κ1) is 16.0. The van der Waals surface area contributed by atoms with Gasteiger partial charge in [-0.3, -0.25) is 9.36 Å². The quantitative estimate of drug-likeness (QED) is 0.690. The summed E-state index contributed by atoms with van der Waals surface area (Å²) in [6.07, 6.45) is 0. The lowest BCUT2D eigenvalue weighted by Crippen LogP contribution is -2.24. The molecule has 0 aliphatic heterocycles. The summed E-state index contributed by atoms with van der Waals surface area (Å²) in [6.45, 7) is 3.94. The number of aromatic hydroxyl groups is 1. The van der Waals surface area contributed by atoms with E-state index < -0.39 is 0 Å². The summed E-state index contributed by atoms with van der Waals surface area (Å²) in [6, 6.07) is 10.1. The van der Waals surface area contributed by atoms with Crippen molar-refractivity contribution < 1.29 is 5.11 Å². The molecule has 0 saturated carbocycles. The van der Waals surface area contributed by atoms with Crippen molar-refractivity contribution in [3.05, 3.63) is 62.1 Å². The third kappa shape index (κ3) is 2.75. The van der Waals surface area contributed by atoms with Crippen molar-refractivity contribution in [2.75, 3.05) is 0 Å². The van der Waals surface area contributed by atoms with Gasteiger partial charge in [0.15, 0.2) is 0 Å². The fourth-order valence-electron chi connectivity index (χ4n) is 2.45. The van der Waals surface area contributed by atoms with E-state index in [1.807, 2.05) is 13.8 Å². The Balaban J connectivity index is 2.43. The van der Waals surface area contributed by atoms with Crippen LogP contribution in [0.4, 0.5) is 0 Å². The minimum atomic E-state index is -0.179. The fraction of sp³-hybridized carbons (Fsp3) is 0.176. The highest BCUT2D eigenvalue weighted by Gasteiger charge is 2.18. The molecule has 23 heavy (non-hydrogen) atoms. The van der Waals surface area contributed by atoms with Crippen LogP contribution in [0.3, 0.4) is 0 Å². The lowest BCUT2D eigenvalue weighted by Gasteiger charge is -2.16. The molecule has 0 aliphatic carbocycles. The summed E-state index contributed by atoms with van der Waals surface area (Å²) in [5, 5.41) is 10.9. The Labute approximate surface area is 146 Å². The van der Waals surface area contributed by atoms with Gasteiger partial charge >= 0.3 is 0 Å². The predicted octanol–water partition coefficient (Wildman–Crippen LogP) is 4.63. The van der Waals surface area contributed by atoms with Gasteiger partial charge in [0.2, 0.25) is 0 Å². The molecule has 118 valence electrons. The molecule has 0 radical (unpaired) electrons. The van der Waals surface area contributed by atoms with E-state index in [0.717, 1.165) is 0 Å². The molecule has 0 saturated heterocycles. The highest BCUT2D eigenvalue weighted by molar-refractivity contribution is 9.10. The van der Waals surface area contributed by atoms with Crippen LogP contribution in [-0.4, -0.2) is 14.7 Å². The molecule has 0 spiro atoms. The molecule has 2 aromatic carbocycles. The Morgan fingerprint density at radius 2 is 1.83 bits per heavy atom. The number of rotatable bonds is 2. The van der Waals surface area contributed by atoms with Gasteiger partial charge in [0.25, 0.3) is 5.56 Å². The molecule has 0 atom stereocenters. The Morgan fingerprint density at radius 1 is 1.17 bits per heavy atom. The molecule has 0 amide bonds. The van der Waals surface area contributed by atoms with Crippen LogP contribution in [0.15, 0.2) is 45.7 Å². The van der Waals surface area contributed by atoms with Crippen LogP contribution in [0.25, 0.3) is 16.6 Å². The Bertz CT molecular complexity index is 949. The molecule has 0 aliphatic rings. The van der Waals surface area contributed by atoms with Gasteiger partial charge in [-0.05, 0) is 52.3 Å². The molecule has 1 N–H and O–H groups in total. The standard InChI is InChI=1S/C17H14BrClN2O2/c1-9(2)16-20-15-12(7-8-13(22)14(15)18)17(23)21(16)11-5-3-10(19)4-6-11/h3-9,22H,1-2H3. The number of halogens is 2. The predicted molar refractivity (Wildman–Crippen MR) is 95.8 cm³/mol. The van der Waals surface area contributed by atoms with Gasteiger partial charge < -0.3 is 5.11 Å². The Morgan fingerprint density at radius 3 is 2.43 bits per heavy atom. The molecular weight excluding hydrogens is 380 g/mol. The van der Waals surface area contributed by atoms with E-state index >= 15 is 0 Å². The molecule has 0 bridgehead atoms. The number of phenols is 1. The van der Waals surface area contributed by atoms with Gasteiger partial charge in [-0.2, -0.15) is 0 Å². The van der Waals surface area contributed by atoms with Crippen molar-refractivity contribution in [1.29, 1.82) is 0 Å². The zero-order valence-corrected chi connectivity index (χ0v) is 14.9. The maximum absolute atomic E-state index is 13.0. The first-order valence-corrected chi connectivity index (χ1v) is 8.27. The number of aromatic nitrogens is 2. The maximum atomic E-state index is 13.0. The van der Waals surface area contributed by atoms with Crippen molar-refractivity contribution in [3.63, 3.8) is 0 Å². The summed E-state index contributed by atoms with van der Waals surface area (Å²) in [4.78, 5) is 17.6. The molecule has 1 aromatic heterocycles. The normalized spacial score (nSPS) is 11.3. The second-order valence-corrected chi connectivity index (χ2v) is 6.77. The highest BCUT2D eigenvalue weighted by Crippen LogP contribution is 2.31. The molecule has 3 rings (SSSR count). The minimum Gasteiger partial charge on any atom is -0.507 e. The van der Waals surface area contributed by atoms with E-state index in [4.69, 9.17) is 11.6 Å². The van der Waals surface area contributed by atoms with Crippen LogP contribution in [0.2, 0.25) is 5.02 Å². The van der Waals surface area contributed by atoms with Gasteiger partial charge in [-0.25, -0.2) is 4.98 Å². The SMILES string of the molecule is CC(C)c1nc2c(Br)c(O)ccc2c(=O)n1-c1ccc(Cl)cc1. The van der Waals surface area contributed by atoms with Gasteiger partial charge in [-0.1, -0.05) is 25.4 Å². The smallest absolute Gasteiger partial charge is 0.266 e. The van der Waals surface area contributed by atoms with Gasteiger partial charge in [0.1, 0.15) is 11.6 Å². The molecule has 0 fully saturated rings. The van der Waals surface area contributed by atoms with Gasteiger partial charge in [-0.15, -0.1) is 0 Å². The van der Waals surface area contributed by atoms with Crippen LogP contribution < -0.4 is 5.56 Å². The highest BCUT2D eigenvalue weighted by atomic mass is 79.9. The largest absolute Gasteiger partial charge is 0.507 e. The molecule has 3 aromatic rings. The number of fused-ring (bicyclic) bond motifs is 1. The first-order chi connectivity index (χ1) is 10.9. The van der Waals surface area contributed by atoms with Crippen molar-refractivity contribution in [3.8, 4) is 11.4 Å². The second kappa shape index (κ2) is 5.98. The Hall–Kier alpha value is -1.85. The minimum absolute atomic E-state index is 0.0250. The van der Waals surface area contributed by atoms with E-state index in [-0.39, 0.29) is 17.2 Å². The lowest BCUT2D eigenvalue weighted by molar-refractivity contribution is 0.472. The van der Waals surface area contributed by atoms with Crippen LogP contribution >= 0.6 is 27.5 Å². The van der Waals surface area contributed by atoms with Crippen molar-refractivity contribution in [2.24, 2.45) is 0 Å². The first-order valence-electron chi connectivity index (χ1n) is 7.10. The second-order valence-electron chi connectivity index (χ2n) is 5.54. The van der Waals surface area contributed by atoms with Crippen LogP contribution in [0.5, 0.6) is 5.75 Å². The zero-order chi connectivity index (χ0) is 16.7. The fourth-order valence-corrected chi connectivity index (χ4v) is 3.01. The average molecular weight is 394 g/mol. The van der Waals surface area contributed by atoms with Crippen molar-refractivity contribution in [1.82, 2.24) is 9.55 Å². The Kier molecular flexibility index (Phi) is 4.17. The van der Waals surface area contributed by atoms with Crippen LogP contribution in [0.1, 0.15) is 25.6 Å². The molecular formula is C17H14BrClN2O2.